The van der Waals surface area contributed by atoms with Gasteiger partial charge in [0, 0.05) is 17.8 Å². The van der Waals surface area contributed by atoms with Crippen LogP contribution >= 0.6 is 23.1 Å². The first kappa shape index (κ1) is 19.8. The second-order valence-electron chi connectivity index (χ2n) is 5.90. The number of anilines is 2. The van der Waals surface area contributed by atoms with Crippen LogP contribution in [0.1, 0.15) is 22.8 Å². The predicted octanol–water partition coefficient (Wildman–Crippen LogP) is 3.37. The van der Waals surface area contributed by atoms with E-state index < -0.39 is 5.91 Å². The average Bonchev–Trinajstić information content (AvgIpc) is 3.15. The molecule has 3 aromatic rings. The number of amides is 2. The number of rotatable bonds is 8. The molecule has 3 rings (SSSR count). The van der Waals surface area contributed by atoms with Crippen LogP contribution in [0.5, 0.6) is 0 Å². The predicted molar refractivity (Wildman–Crippen MR) is 113 cm³/mol. The first-order valence-corrected chi connectivity index (χ1v) is 10.2. The van der Waals surface area contributed by atoms with E-state index >= 15 is 0 Å². The monoisotopic (exact) mass is 413 g/mol. The third-order valence-corrected chi connectivity index (χ3v) is 5.84. The van der Waals surface area contributed by atoms with Crippen LogP contribution in [0.25, 0.3) is 0 Å². The van der Waals surface area contributed by atoms with Gasteiger partial charge in [-0.2, -0.15) is 0 Å². The highest BCUT2D eigenvalue weighted by atomic mass is 32.2. The number of nitrogens with two attached hydrogens (primary N) is 1. The maximum atomic E-state index is 12.4. The van der Waals surface area contributed by atoms with E-state index in [0.29, 0.717) is 27.3 Å². The van der Waals surface area contributed by atoms with Crippen LogP contribution in [0, 0.1) is 0 Å². The van der Waals surface area contributed by atoms with Crippen molar-refractivity contribution >= 4 is 45.7 Å². The maximum Gasteiger partial charge on any atom is 0.248 e. The minimum Gasteiger partial charge on any atom is -0.366 e. The maximum absolute atomic E-state index is 12.4. The lowest BCUT2D eigenvalue weighted by atomic mass is 10.2. The normalized spacial score (nSPS) is 11.6. The van der Waals surface area contributed by atoms with E-state index in [1.54, 1.807) is 31.2 Å². The van der Waals surface area contributed by atoms with Gasteiger partial charge in [0.05, 0.1) is 5.25 Å². The summed E-state index contributed by atoms with van der Waals surface area (Å²) in [4.78, 5) is 23.5. The molecule has 0 spiro atoms. The Kier molecular flexibility index (Phi) is 6.62. The Morgan fingerprint density at radius 3 is 2.50 bits per heavy atom. The molecule has 0 saturated heterocycles. The van der Waals surface area contributed by atoms with Crippen LogP contribution in [-0.2, 0) is 11.3 Å². The summed E-state index contributed by atoms with van der Waals surface area (Å²) >= 11 is 2.75. The van der Waals surface area contributed by atoms with Crippen molar-refractivity contribution in [2.24, 2.45) is 5.73 Å². The number of aromatic nitrogens is 2. The molecule has 0 unspecified atom stereocenters. The Morgan fingerprint density at radius 2 is 1.82 bits per heavy atom. The molecule has 1 aromatic heterocycles. The summed E-state index contributed by atoms with van der Waals surface area (Å²) in [5, 5.41) is 14.6. The zero-order valence-electron chi connectivity index (χ0n) is 15.1. The number of nitrogens with one attached hydrogen (secondary N) is 2. The number of nitrogens with zero attached hydrogens (tertiary/aromatic N) is 2. The van der Waals surface area contributed by atoms with Crippen LogP contribution in [0.3, 0.4) is 0 Å². The van der Waals surface area contributed by atoms with Gasteiger partial charge in [-0.05, 0) is 36.8 Å². The summed E-state index contributed by atoms with van der Waals surface area (Å²) in [7, 11) is 0. The lowest BCUT2D eigenvalue weighted by molar-refractivity contribution is -0.115. The van der Waals surface area contributed by atoms with Gasteiger partial charge < -0.3 is 16.4 Å². The zero-order valence-corrected chi connectivity index (χ0v) is 16.7. The molecule has 4 N–H and O–H groups in total. The van der Waals surface area contributed by atoms with Gasteiger partial charge in [0.2, 0.25) is 16.9 Å². The summed E-state index contributed by atoms with van der Waals surface area (Å²) in [6, 6.07) is 16.5. The number of thioether (sulfide) groups is 1. The molecule has 1 heterocycles. The largest absolute Gasteiger partial charge is 0.366 e. The highest BCUT2D eigenvalue weighted by Crippen LogP contribution is 2.29. The molecule has 9 heteroatoms. The summed E-state index contributed by atoms with van der Waals surface area (Å²) in [6.07, 6.45) is 0. The SMILES string of the molecule is C[C@@H](Sc1nnc(NCc2ccccc2)s1)C(=O)Nc1ccc(C(N)=O)cc1. The highest BCUT2D eigenvalue weighted by molar-refractivity contribution is 8.02. The lowest BCUT2D eigenvalue weighted by Crippen LogP contribution is -2.22. The number of carbonyl (C=O) groups excluding carboxylic acids is 2. The number of hydrogen-bond acceptors (Lipinski definition) is 7. The van der Waals surface area contributed by atoms with E-state index in [1.807, 2.05) is 30.3 Å². The van der Waals surface area contributed by atoms with Crippen molar-refractivity contribution in [1.29, 1.82) is 0 Å². The van der Waals surface area contributed by atoms with E-state index in [0.717, 1.165) is 5.56 Å². The van der Waals surface area contributed by atoms with Gasteiger partial charge in [0.1, 0.15) is 0 Å². The molecule has 0 aliphatic carbocycles. The van der Waals surface area contributed by atoms with Crippen molar-refractivity contribution in [2.75, 3.05) is 10.6 Å². The van der Waals surface area contributed by atoms with Crippen LogP contribution in [0.2, 0.25) is 0 Å². The van der Waals surface area contributed by atoms with Crippen molar-refractivity contribution in [3.8, 4) is 0 Å². The smallest absolute Gasteiger partial charge is 0.248 e. The van der Waals surface area contributed by atoms with Gasteiger partial charge in [0.15, 0.2) is 4.34 Å². The van der Waals surface area contributed by atoms with Gasteiger partial charge in [-0.15, -0.1) is 10.2 Å². The first-order chi connectivity index (χ1) is 13.5. The second-order valence-corrected chi connectivity index (χ2v) is 8.47. The minimum absolute atomic E-state index is 0.161. The Bertz CT molecular complexity index is 944. The van der Waals surface area contributed by atoms with Gasteiger partial charge in [0.25, 0.3) is 0 Å². The molecule has 2 amide bonds. The topological polar surface area (TPSA) is 110 Å². The van der Waals surface area contributed by atoms with E-state index in [2.05, 4.69) is 20.8 Å². The molecule has 2 aromatic carbocycles. The highest BCUT2D eigenvalue weighted by Gasteiger charge is 2.17. The van der Waals surface area contributed by atoms with E-state index in [-0.39, 0.29) is 11.2 Å². The number of primary amides is 1. The van der Waals surface area contributed by atoms with Crippen LogP contribution < -0.4 is 16.4 Å². The van der Waals surface area contributed by atoms with Crippen molar-refractivity contribution < 1.29 is 9.59 Å². The summed E-state index contributed by atoms with van der Waals surface area (Å²) in [5.74, 6) is -0.666. The summed E-state index contributed by atoms with van der Waals surface area (Å²) in [6.45, 7) is 2.47. The van der Waals surface area contributed by atoms with Gasteiger partial charge >= 0.3 is 0 Å². The van der Waals surface area contributed by atoms with E-state index in [1.165, 1.54) is 23.1 Å². The molecule has 28 heavy (non-hydrogen) atoms. The first-order valence-electron chi connectivity index (χ1n) is 8.50. The average molecular weight is 414 g/mol. The quantitative estimate of drug-likeness (QED) is 0.489. The van der Waals surface area contributed by atoms with Gasteiger partial charge in [-0.1, -0.05) is 53.4 Å². The second kappa shape index (κ2) is 9.34. The van der Waals surface area contributed by atoms with Gasteiger partial charge in [-0.3, -0.25) is 9.59 Å². The van der Waals surface area contributed by atoms with E-state index in [4.69, 9.17) is 5.73 Å². The number of carbonyl (C=O) groups is 2. The van der Waals surface area contributed by atoms with Crippen molar-refractivity contribution in [1.82, 2.24) is 10.2 Å². The third-order valence-electron chi connectivity index (χ3n) is 3.78. The fourth-order valence-electron chi connectivity index (χ4n) is 2.27. The Labute approximate surface area is 170 Å². The summed E-state index contributed by atoms with van der Waals surface area (Å²) < 4.78 is 0.710. The Morgan fingerprint density at radius 1 is 1.11 bits per heavy atom. The van der Waals surface area contributed by atoms with Crippen LogP contribution in [0.4, 0.5) is 10.8 Å². The Balaban J connectivity index is 1.51. The van der Waals surface area contributed by atoms with Crippen molar-refractivity contribution in [2.45, 2.75) is 23.1 Å². The van der Waals surface area contributed by atoms with E-state index in [9.17, 15) is 9.59 Å². The third kappa shape index (κ3) is 5.54. The molecule has 0 fully saturated rings. The van der Waals surface area contributed by atoms with Gasteiger partial charge in [-0.25, -0.2) is 0 Å². The fraction of sp³-hybridized carbons (Fsp3) is 0.158. The summed E-state index contributed by atoms with van der Waals surface area (Å²) in [5.41, 5.74) is 7.36. The molecule has 0 aliphatic heterocycles. The van der Waals surface area contributed by atoms with Crippen LogP contribution in [0.15, 0.2) is 58.9 Å². The Hall–Kier alpha value is -2.91. The van der Waals surface area contributed by atoms with Crippen molar-refractivity contribution in [3.63, 3.8) is 0 Å². The molecule has 1 atom stereocenters. The molecule has 144 valence electrons. The molecule has 0 bridgehead atoms. The lowest BCUT2D eigenvalue weighted by Gasteiger charge is -2.10. The molecular weight excluding hydrogens is 394 g/mol. The number of benzene rings is 2. The van der Waals surface area contributed by atoms with Crippen molar-refractivity contribution in [3.05, 3.63) is 65.7 Å². The molecular formula is C19H19N5O2S2. The molecule has 0 aliphatic rings. The molecule has 7 nitrogen and oxygen atoms in total. The van der Waals surface area contributed by atoms with Crippen LogP contribution in [-0.4, -0.2) is 27.3 Å². The minimum atomic E-state index is -0.505. The molecule has 0 saturated carbocycles. The fourth-order valence-corrected chi connectivity index (χ4v) is 4.16. The number of hydrogen-bond donors (Lipinski definition) is 3. The molecule has 0 radical (unpaired) electrons. The zero-order chi connectivity index (χ0) is 19.9. The standard InChI is InChI=1S/C19H19N5O2S2/c1-12(17(26)22-15-9-7-14(8-10-15)16(20)25)27-19-24-23-18(28-19)21-11-13-5-3-2-4-6-13/h2-10,12H,11H2,1H3,(H2,20,25)(H,21,23)(H,22,26)/t12-/m1/s1.